The van der Waals surface area contributed by atoms with E-state index < -0.39 is 125 Å². The van der Waals surface area contributed by atoms with Crippen LogP contribution in [-0.4, -0.2) is 209 Å². The van der Waals surface area contributed by atoms with E-state index in [0.717, 1.165) is 4.90 Å². The van der Waals surface area contributed by atoms with E-state index in [1.165, 1.54) is 78.5 Å². The van der Waals surface area contributed by atoms with Gasteiger partial charge < -0.3 is 55.6 Å². The van der Waals surface area contributed by atoms with Gasteiger partial charge in [-0.2, -0.15) is 0 Å². The Kier molecular flexibility index (Phi) is 29.3. The second-order valence-electron chi connectivity index (χ2n) is 25.6. The number of allylic oxidation sites excluding steroid dienone is 2. The lowest BCUT2D eigenvalue weighted by molar-refractivity contribution is -0.150. The molecule has 0 aliphatic carbocycles. The molecule has 2 heterocycles. The highest BCUT2D eigenvalue weighted by molar-refractivity contribution is 6.02. The van der Waals surface area contributed by atoms with Crippen LogP contribution in [-0.2, 0) is 52.7 Å². The molecule has 2 saturated heterocycles. The average Bonchev–Trinajstić information content (AvgIpc) is 3.85. The van der Waals surface area contributed by atoms with Crippen LogP contribution >= 0.6 is 0 Å². The fourth-order valence-electron chi connectivity index (χ4n) is 11.0. The summed E-state index contributed by atoms with van der Waals surface area (Å²) in [6.07, 6.45) is 6.11. The van der Waals surface area contributed by atoms with Gasteiger partial charge in [0.2, 0.25) is 59.1 Å². The standard InChI is InChI=1S/C62H107N11O11/c1-23-25-26-39(11)32-48-55(77)65-45(24-2)59(81)67(17)44(16)58(80)69(19)47(30-36(5)6)56(78)66-52(38(9)10)62(84)72(22)50-34-41(13)73(61(50)83)43(15)53(75)64-42(14)57(79)71(21)49(31-37(7)8)60(82)70(20)46(29-35(3)4)54(76)63-28-27-40(12)33-51(74)68(48)18/h23,25,35-43,45-50,52H,16,24,26-34H2,1-15,17-22H3,(H,63,76)(H,64,75)(H,65,77)(H,66,78)/b25-23+/t39-,40?,41?,42+,43-,45+,46-,47+,48-,49-,50+,52-/m1/s1. The van der Waals surface area contributed by atoms with Gasteiger partial charge in [0.05, 0.1) is 0 Å². The lowest BCUT2D eigenvalue weighted by Crippen LogP contribution is -2.59. The van der Waals surface area contributed by atoms with Crippen LogP contribution in [0.5, 0.6) is 0 Å². The summed E-state index contributed by atoms with van der Waals surface area (Å²) in [5.41, 5.74) is -0.286. The van der Waals surface area contributed by atoms with Gasteiger partial charge in [-0.05, 0) is 115 Å². The summed E-state index contributed by atoms with van der Waals surface area (Å²) in [4.78, 5) is 167. The van der Waals surface area contributed by atoms with E-state index in [1.54, 1.807) is 34.7 Å². The topological polar surface area (TPSA) is 259 Å². The molecule has 2 bridgehead atoms. The SMILES string of the molecule is C=C1C(=O)N(C)[C@@H](CC(C)C)C(=O)N[C@H](C(C)C)C(=O)N(C)[C@H]2CC(C)N(C2=O)[C@H](C)C(=O)N[C@@H](C)C(=O)N(C)[C@H](CC(C)C)C(=O)N(C)[C@H](CC(C)C)C(=O)NCCC(C)CC(=O)N(C)[C@H](C[C@H](C)C/C=C/C)C(=O)N[C@@H](CC)C(=O)N1C. The maximum Gasteiger partial charge on any atom is 0.270 e. The Labute approximate surface area is 502 Å². The Morgan fingerprint density at radius 1 is 0.571 bits per heavy atom. The third-order valence-electron chi connectivity index (χ3n) is 16.6. The molecular weight excluding hydrogens is 1070 g/mol. The molecule has 22 heteroatoms. The minimum Gasteiger partial charge on any atom is -0.354 e. The van der Waals surface area contributed by atoms with Gasteiger partial charge in [-0.1, -0.05) is 94.9 Å². The molecule has 84 heavy (non-hydrogen) atoms. The van der Waals surface area contributed by atoms with Crippen molar-refractivity contribution in [3.05, 3.63) is 24.4 Å². The van der Waals surface area contributed by atoms with Crippen molar-refractivity contribution < 1.29 is 52.7 Å². The molecule has 2 aliphatic rings. The predicted octanol–water partition coefficient (Wildman–Crippen LogP) is 4.32. The van der Waals surface area contributed by atoms with Gasteiger partial charge in [-0.3, -0.25) is 52.7 Å². The summed E-state index contributed by atoms with van der Waals surface area (Å²) < 4.78 is 0. The van der Waals surface area contributed by atoms with Gasteiger partial charge in [-0.25, -0.2) is 0 Å². The van der Waals surface area contributed by atoms with Crippen LogP contribution in [0.15, 0.2) is 24.4 Å². The number of hydrogen-bond acceptors (Lipinski definition) is 11. The summed E-state index contributed by atoms with van der Waals surface area (Å²) >= 11 is 0. The number of nitrogens with zero attached hydrogens (tertiary/aromatic N) is 7. The van der Waals surface area contributed by atoms with E-state index >= 15 is 0 Å². The second-order valence-corrected chi connectivity index (χ2v) is 25.6. The molecule has 0 radical (unpaired) electrons. The molecule has 0 aromatic heterocycles. The minimum absolute atomic E-state index is 0.0186. The molecule has 0 aromatic carbocycles. The van der Waals surface area contributed by atoms with Gasteiger partial charge in [0.15, 0.2) is 0 Å². The maximum absolute atomic E-state index is 14.6. The Morgan fingerprint density at radius 3 is 1.61 bits per heavy atom. The van der Waals surface area contributed by atoms with Crippen LogP contribution in [0.4, 0.5) is 0 Å². The third-order valence-corrected chi connectivity index (χ3v) is 16.6. The summed E-state index contributed by atoms with van der Waals surface area (Å²) in [6, 6.07) is -10.2. The summed E-state index contributed by atoms with van der Waals surface area (Å²) in [6.45, 7) is 31.2. The first-order valence-electron chi connectivity index (χ1n) is 30.4. The lowest BCUT2D eigenvalue weighted by atomic mass is 9.95. The quantitative estimate of drug-likeness (QED) is 0.158. The summed E-state index contributed by atoms with van der Waals surface area (Å²) in [5.74, 6) is -7.24. The van der Waals surface area contributed by atoms with E-state index in [1.807, 2.05) is 74.5 Å². The summed E-state index contributed by atoms with van der Waals surface area (Å²) in [7, 11) is 8.79. The highest BCUT2D eigenvalue weighted by Crippen LogP contribution is 2.28. The lowest BCUT2D eigenvalue weighted by Gasteiger charge is -2.37. The molecule has 0 aromatic rings. The molecule has 11 amide bonds. The fourth-order valence-corrected chi connectivity index (χ4v) is 11.0. The monoisotopic (exact) mass is 1180 g/mol. The summed E-state index contributed by atoms with van der Waals surface area (Å²) in [5, 5.41) is 11.4. The molecule has 12 atom stereocenters. The van der Waals surface area contributed by atoms with E-state index in [9.17, 15) is 52.7 Å². The zero-order valence-electron chi connectivity index (χ0n) is 54.8. The molecule has 0 spiro atoms. The van der Waals surface area contributed by atoms with Crippen LogP contribution in [0.1, 0.15) is 162 Å². The number of hydrogen-bond donors (Lipinski definition) is 4. The zero-order chi connectivity index (χ0) is 64.5. The molecule has 2 fully saturated rings. The van der Waals surface area contributed by atoms with Crippen molar-refractivity contribution in [3.8, 4) is 0 Å². The Bertz CT molecular complexity index is 2370. The molecule has 2 rings (SSSR count). The molecule has 4 N–H and O–H groups in total. The van der Waals surface area contributed by atoms with Crippen molar-refractivity contribution in [2.45, 2.75) is 222 Å². The molecule has 22 nitrogen and oxygen atoms in total. The number of fused-ring (bicyclic) bond motifs is 2. The van der Waals surface area contributed by atoms with E-state index in [-0.39, 0.29) is 86.3 Å². The van der Waals surface area contributed by atoms with Gasteiger partial charge in [-0.15, -0.1) is 0 Å². The molecule has 2 unspecified atom stereocenters. The Morgan fingerprint density at radius 2 is 1.08 bits per heavy atom. The number of rotatable bonds is 12. The first-order chi connectivity index (χ1) is 39.0. The number of likely N-dealkylation sites (N-methyl/N-ethyl adjacent to an activating group) is 6. The second kappa shape index (κ2) is 33.4. The smallest absolute Gasteiger partial charge is 0.270 e. The number of amides is 11. The Balaban J connectivity index is 2.76. The van der Waals surface area contributed by atoms with Crippen molar-refractivity contribution >= 4 is 65.0 Å². The van der Waals surface area contributed by atoms with Crippen molar-refractivity contribution in [1.29, 1.82) is 0 Å². The number of carbonyl (C=O) groups is 11. The van der Waals surface area contributed by atoms with Crippen LogP contribution in [0.2, 0.25) is 0 Å². The molecular formula is C62H107N11O11. The number of carbonyl (C=O) groups excluding carboxylic acids is 11. The fraction of sp³-hybridized carbons (Fsp3) is 0.758. The van der Waals surface area contributed by atoms with Gasteiger partial charge in [0, 0.05) is 61.3 Å². The van der Waals surface area contributed by atoms with Crippen LogP contribution < -0.4 is 21.3 Å². The minimum atomic E-state index is -1.17. The normalized spacial score (nSPS) is 28.4. The van der Waals surface area contributed by atoms with E-state index in [2.05, 4.69) is 27.8 Å². The van der Waals surface area contributed by atoms with Crippen LogP contribution in [0.25, 0.3) is 0 Å². The first kappa shape index (κ1) is 73.8. The van der Waals surface area contributed by atoms with Crippen molar-refractivity contribution in [3.63, 3.8) is 0 Å². The Hall–Kier alpha value is -6.35. The van der Waals surface area contributed by atoms with E-state index in [0.29, 0.717) is 19.3 Å². The average molecular weight is 1180 g/mol. The van der Waals surface area contributed by atoms with Crippen molar-refractivity contribution in [2.75, 3.05) is 48.8 Å². The van der Waals surface area contributed by atoms with Crippen LogP contribution in [0, 0.1) is 35.5 Å². The van der Waals surface area contributed by atoms with Crippen LogP contribution in [0.3, 0.4) is 0 Å². The van der Waals surface area contributed by atoms with Gasteiger partial charge in [0.1, 0.15) is 60.1 Å². The first-order valence-corrected chi connectivity index (χ1v) is 30.4. The van der Waals surface area contributed by atoms with E-state index in [4.69, 9.17) is 0 Å². The van der Waals surface area contributed by atoms with Gasteiger partial charge in [0.25, 0.3) is 5.91 Å². The maximum atomic E-state index is 14.6. The predicted molar refractivity (Wildman–Crippen MR) is 325 cm³/mol. The largest absolute Gasteiger partial charge is 0.354 e. The highest BCUT2D eigenvalue weighted by Gasteiger charge is 2.47. The molecule has 2 aliphatic heterocycles. The molecule has 0 saturated carbocycles. The third kappa shape index (κ3) is 19.9. The van der Waals surface area contributed by atoms with Crippen molar-refractivity contribution in [2.24, 2.45) is 35.5 Å². The molecule has 476 valence electrons. The highest BCUT2D eigenvalue weighted by atomic mass is 16.2. The zero-order valence-corrected chi connectivity index (χ0v) is 54.8. The van der Waals surface area contributed by atoms with Crippen molar-refractivity contribution in [1.82, 2.24) is 55.6 Å². The van der Waals surface area contributed by atoms with Gasteiger partial charge >= 0.3 is 0 Å². The number of nitrogens with one attached hydrogen (secondary N) is 4.